The Hall–Kier alpha value is -0.653. The van der Waals surface area contributed by atoms with Crippen LogP contribution in [-0.4, -0.2) is 38.2 Å². The van der Waals surface area contributed by atoms with Gasteiger partial charge in [-0.2, -0.15) is 0 Å². The zero-order chi connectivity index (χ0) is 16.7. The molecule has 1 N–H and O–H groups in total. The molecule has 5 heteroatoms. The number of hydrogen-bond donors (Lipinski definition) is 1. The van der Waals surface area contributed by atoms with Crippen molar-refractivity contribution in [2.45, 2.75) is 77.8 Å². The summed E-state index contributed by atoms with van der Waals surface area (Å²) in [5.74, 6) is -0.333. The summed E-state index contributed by atoms with van der Waals surface area (Å²) < 4.78 is 11.2. The van der Waals surface area contributed by atoms with Crippen LogP contribution in [0.1, 0.15) is 47.5 Å². The summed E-state index contributed by atoms with van der Waals surface area (Å²) in [6, 6.07) is 0. The van der Waals surface area contributed by atoms with Gasteiger partial charge in [0.05, 0.1) is 18.8 Å². The molecule has 0 saturated heterocycles. The molecular formula is C16H32O4Si. The molecule has 0 rings (SSSR count). The van der Waals surface area contributed by atoms with Gasteiger partial charge in [0.1, 0.15) is 0 Å². The van der Waals surface area contributed by atoms with Gasteiger partial charge in [0.15, 0.2) is 8.32 Å². The highest BCUT2D eigenvalue weighted by molar-refractivity contribution is 6.74. The Morgan fingerprint density at radius 1 is 1.33 bits per heavy atom. The third kappa shape index (κ3) is 8.39. The molecule has 0 fully saturated rings. The highest BCUT2D eigenvalue weighted by Gasteiger charge is 2.39. The smallest absolute Gasteiger partial charge is 0.330 e. The van der Waals surface area contributed by atoms with Crippen molar-refractivity contribution in [1.29, 1.82) is 0 Å². The molecule has 0 aromatic carbocycles. The lowest BCUT2D eigenvalue weighted by Crippen LogP contribution is -2.44. The fraction of sp³-hybridized carbons (Fsp3) is 0.812. The average molecular weight is 317 g/mol. The maximum atomic E-state index is 11.3. The minimum absolute atomic E-state index is 0.0726. The zero-order valence-electron chi connectivity index (χ0n) is 14.6. The molecule has 124 valence electrons. The molecule has 0 aromatic heterocycles. The molecule has 4 nitrogen and oxygen atoms in total. The van der Waals surface area contributed by atoms with Gasteiger partial charge in [0.2, 0.25) is 0 Å². The fourth-order valence-electron chi connectivity index (χ4n) is 1.67. The van der Waals surface area contributed by atoms with E-state index in [0.717, 1.165) is 0 Å². The van der Waals surface area contributed by atoms with Gasteiger partial charge in [-0.15, -0.1) is 0 Å². The quantitative estimate of drug-likeness (QED) is 0.422. The second-order valence-electron chi connectivity index (χ2n) is 6.98. The van der Waals surface area contributed by atoms with E-state index in [1.807, 2.05) is 0 Å². The Morgan fingerprint density at radius 3 is 2.33 bits per heavy atom. The van der Waals surface area contributed by atoms with Crippen LogP contribution in [0.25, 0.3) is 0 Å². The van der Waals surface area contributed by atoms with E-state index in [9.17, 15) is 9.90 Å². The molecular weight excluding hydrogens is 284 g/mol. The van der Waals surface area contributed by atoms with Gasteiger partial charge >= 0.3 is 5.97 Å². The van der Waals surface area contributed by atoms with Crippen molar-refractivity contribution in [3.63, 3.8) is 0 Å². The number of rotatable bonds is 8. The molecule has 0 amide bonds. The summed E-state index contributed by atoms with van der Waals surface area (Å²) in [4.78, 5) is 11.3. The van der Waals surface area contributed by atoms with Crippen molar-refractivity contribution in [3.8, 4) is 0 Å². The van der Waals surface area contributed by atoms with Gasteiger partial charge in [-0.05, 0) is 44.8 Å². The number of aliphatic hydroxyl groups is 1. The molecule has 0 heterocycles. The van der Waals surface area contributed by atoms with Gasteiger partial charge in [-0.1, -0.05) is 26.8 Å². The van der Waals surface area contributed by atoms with Crippen LogP contribution in [0.4, 0.5) is 0 Å². The molecule has 0 aliphatic carbocycles. The molecule has 0 unspecified atom stereocenters. The molecule has 0 aromatic rings. The van der Waals surface area contributed by atoms with Crippen molar-refractivity contribution >= 4 is 14.3 Å². The predicted octanol–water partition coefficient (Wildman–Crippen LogP) is 3.66. The average Bonchev–Trinajstić information content (AvgIpc) is 2.26. The summed E-state index contributed by atoms with van der Waals surface area (Å²) >= 11 is 0. The van der Waals surface area contributed by atoms with Crippen LogP contribution in [0, 0.1) is 0 Å². The van der Waals surface area contributed by atoms with Crippen LogP contribution < -0.4 is 0 Å². The summed E-state index contributed by atoms with van der Waals surface area (Å²) in [5.41, 5.74) is 0. The van der Waals surface area contributed by atoms with E-state index in [1.165, 1.54) is 6.08 Å². The lowest BCUT2D eigenvalue weighted by atomic mass is 10.1. The SMILES string of the molecule is CCOC(=O)/C=C/C[C@@H](C[C@@H](C)O)O[Si](C)(C)C(C)(C)C. The Balaban J connectivity index is 4.71. The number of aliphatic hydroxyl groups excluding tert-OH is 1. The molecule has 21 heavy (non-hydrogen) atoms. The van der Waals surface area contributed by atoms with E-state index in [2.05, 4.69) is 33.9 Å². The molecule has 0 radical (unpaired) electrons. The highest BCUT2D eigenvalue weighted by Crippen LogP contribution is 2.38. The molecule has 0 saturated carbocycles. The first-order valence-electron chi connectivity index (χ1n) is 7.68. The summed E-state index contributed by atoms with van der Waals surface area (Å²) in [5, 5.41) is 9.75. The third-order valence-corrected chi connectivity index (χ3v) is 8.35. The van der Waals surface area contributed by atoms with Gasteiger partial charge in [-0.3, -0.25) is 0 Å². The van der Waals surface area contributed by atoms with Gasteiger partial charge in [0, 0.05) is 6.08 Å². The van der Waals surface area contributed by atoms with Crippen LogP contribution in [0.2, 0.25) is 18.1 Å². The monoisotopic (exact) mass is 316 g/mol. The first-order chi connectivity index (χ1) is 9.49. The Bertz CT molecular complexity index is 343. The molecule has 0 aliphatic heterocycles. The lowest BCUT2D eigenvalue weighted by molar-refractivity contribution is -0.137. The van der Waals surface area contributed by atoms with E-state index in [4.69, 9.17) is 9.16 Å². The Labute approximate surface area is 130 Å². The number of hydrogen-bond acceptors (Lipinski definition) is 4. The van der Waals surface area contributed by atoms with Crippen LogP contribution in [0.15, 0.2) is 12.2 Å². The number of ether oxygens (including phenoxy) is 1. The second-order valence-corrected chi connectivity index (χ2v) is 11.7. The predicted molar refractivity (Wildman–Crippen MR) is 88.8 cm³/mol. The highest BCUT2D eigenvalue weighted by atomic mass is 28.4. The first-order valence-corrected chi connectivity index (χ1v) is 10.6. The molecule has 0 bridgehead atoms. The topological polar surface area (TPSA) is 55.8 Å². The van der Waals surface area contributed by atoms with E-state index in [-0.39, 0.29) is 17.1 Å². The second kappa shape index (κ2) is 8.71. The van der Waals surface area contributed by atoms with Crippen LogP contribution in [-0.2, 0) is 14.0 Å². The largest absolute Gasteiger partial charge is 0.463 e. The van der Waals surface area contributed by atoms with Crippen LogP contribution >= 0.6 is 0 Å². The molecule has 0 aliphatic rings. The fourth-order valence-corrected chi connectivity index (χ4v) is 3.05. The van der Waals surface area contributed by atoms with Gasteiger partial charge in [-0.25, -0.2) is 4.79 Å². The van der Waals surface area contributed by atoms with Crippen molar-refractivity contribution in [2.75, 3.05) is 6.61 Å². The van der Waals surface area contributed by atoms with E-state index in [1.54, 1.807) is 19.9 Å². The van der Waals surface area contributed by atoms with Crippen molar-refractivity contribution < 1.29 is 19.1 Å². The molecule has 0 spiro atoms. The van der Waals surface area contributed by atoms with Gasteiger partial charge < -0.3 is 14.3 Å². The van der Waals surface area contributed by atoms with Crippen LogP contribution in [0.3, 0.4) is 0 Å². The minimum Gasteiger partial charge on any atom is -0.463 e. The van der Waals surface area contributed by atoms with E-state index in [0.29, 0.717) is 19.4 Å². The minimum atomic E-state index is -1.89. The number of carbonyl (C=O) groups excluding carboxylic acids is 1. The number of esters is 1. The first kappa shape index (κ1) is 20.3. The van der Waals surface area contributed by atoms with Crippen molar-refractivity contribution in [2.24, 2.45) is 0 Å². The Kier molecular flexibility index (Phi) is 8.44. The summed E-state index contributed by atoms with van der Waals surface area (Å²) in [7, 11) is -1.89. The summed E-state index contributed by atoms with van der Waals surface area (Å²) in [6.07, 6.45) is 3.90. The van der Waals surface area contributed by atoms with Crippen molar-refractivity contribution in [1.82, 2.24) is 0 Å². The van der Waals surface area contributed by atoms with E-state index < -0.39 is 14.4 Å². The normalized spacial score (nSPS) is 16.0. The Morgan fingerprint density at radius 2 is 1.90 bits per heavy atom. The van der Waals surface area contributed by atoms with E-state index >= 15 is 0 Å². The lowest BCUT2D eigenvalue weighted by Gasteiger charge is -2.39. The summed E-state index contributed by atoms with van der Waals surface area (Å²) in [6.45, 7) is 14.9. The maximum Gasteiger partial charge on any atom is 0.330 e. The van der Waals surface area contributed by atoms with Gasteiger partial charge in [0.25, 0.3) is 0 Å². The molecule has 2 atom stereocenters. The zero-order valence-corrected chi connectivity index (χ0v) is 15.6. The van der Waals surface area contributed by atoms with Crippen molar-refractivity contribution in [3.05, 3.63) is 12.2 Å². The number of carbonyl (C=O) groups is 1. The third-order valence-electron chi connectivity index (χ3n) is 3.81. The standard InChI is InChI=1S/C16H32O4Si/c1-8-19-15(18)11-9-10-14(12-13(2)17)20-21(6,7)16(3,4)5/h9,11,13-14,17H,8,10,12H2,1-7H3/b11-9+/t13-,14+/m1/s1. The van der Waals surface area contributed by atoms with Crippen LogP contribution in [0.5, 0.6) is 0 Å². The maximum absolute atomic E-state index is 11.3.